The monoisotopic (exact) mass is 344 g/mol. The molecule has 0 aliphatic heterocycles. The van der Waals surface area contributed by atoms with Gasteiger partial charge < -0.3 is 15.5 Å². The van der Waals surface area contributed by atoms with Crippen LogP contribution in [-0.2, 0) is 13.0 Å². The molecule has 2 aromatic rings. The molecule has 1 unspecified atom stereocenters. The van der Waals surface area contributed by atoms with Crippen LogP contribution in [-0.4, -0.2) is 33.1 Å². The number of anilines is 1. The highest BCUT2D eigenvalue weighted by Crippen LogP contribution is 2.16. The lowest BCUT2D eigenvalue weighted by Crippen LogP contribution is -2.42. The van der Waals surface area contributed by atoms with Crippen LogP contribution in [0.15, 0.2) is 41.4 Å². The molecule has 24 heavy (non-hydrogen) atoms. The van der Waals surface area contributed by atoms with E-state index in [9.17, 15) is 0 Å². The maximum atomic E-state index is 4.33. The lowest BCUT2D eigenvalue weighted by atomic mass is 10.2. The van der Waals surface area contributed by atoms with Gasteiger partial charge in [0.2, 0.25) is 0 Å². The summed E-state index contributed by atoms with van der Waals surface area (Å²) in [6.07, 6.45) is 1.01. The maximum Gasteiger partial charge on any atom is 0.191 e. The topological polar surface area (TPSA) is 39.7 Å². The van der Waals surface area contributed by atoms with Crippen LogP contribution in [0, 0.1) is 6.92 Å². The Hall–Kier alpha value is -2.01. The van der Waals surface area contributed by atoms with E-state index in [1.54, 1.807) is 0 Å². The van der Waals surface area contributed by atoms with Gasteiger partial charge in [0, 0.05) is 55.6 Å². The van der Waals surface area contributed by atoms with Crippen molar-refractivity contribution in [1.29, 1.82) is 0 Å². The van der Waals surface area contributed by atoms with Crippen LogP contribution >= 0.6 is 11.3 Å². The summed E-state index contributed by atoms with van der Waals surface area (Å²) in [6.45, 7) is 5.09. The maximum absolute atomic E-state index is 4.33. The lowest BCUT2D eigenvalue weighted by Gasteiger charge is -2.18. The summed E-state index contributed by atoms with van der Waals surface area (Å²) in [6, 6.07) is 13.2. The van der Waals surface area contributed by atoms with Gasteiger partial charge in [-0.05, 0) is 43.7 Å². The van der Waals surface area contributed by atoms with Crippen molar-refractivity contribution in [1.82, 2.24) is 10.6 Å². The number of aliphatic imine (C=N–C) groups is 1. The third-order valence-corrected chi connectivity index (χ3v) is 4.82. The number of rotatable bonds is 6. The Labute approximate surface area is 149 Å². The van der Waals surface area contributed by atoms with Gasteiger partial charge in [0.15, 0.2) is 5.96 Å². The molecule has 0 radical (unpaired) electrons. The van der Waals surface area contributed by atoms with Gasteiger partial charge in [-0.25, -0.2) is 0 Å². The zero-order valence-electron chi connectivity index (χ0n) is 15.3. The lowest BCUT2D eigenvalue weighted by molar-refractivity contribution is 0.645. The Bertz CT molecular complexity index is 676. The highest BCUT2D eigenvalue weighted by Gasteiger charge is 2.08. The minimum Gasteiger partial charge on any atom is -0.378 e. The van der Waals surface area contributed by atoms with Gasteiger partial charge in [-0.1, -0.05) is 12.1 Å². The molecule has 5 heteroatoms. The number of hydrogen-bond acceptors (Lipinski definition) is 3. The van der Waals surface area contributed by atoms with Gasteiger partial charge in [-0.15, -0.1) is 11.3 Å². The molecule has 1 atom stereocenters. The second kappa shape index (κ2) is 8.73. The number of guanidine groups is 1. The molecule has 0 spiro atoms. The third kappa shape index (κ3) is 5.57. The Kier molecular flexibility index (Phi) is 6.67. The van der Waals surface area contributed by atoms with Crippen molar-refractivity contribution in [2.24, 2.45) is 4.99 Å². The average molecular weight is 345 g/mol. The Morgan fingerprint density at radius 2 is 2.04 bits per heavy atom. The fraction of sp³-hybridized carbons (Fsp3) is 0.421. The molecule has 4 nitrogen and oxygen atoms in total. The first-order valence-corrected chi connectivity index (χ1v) is 9.08. The van der Waals surface area contributed by atoms with Gasteiger partial charge in [0.05, 0.1) is 0 Å². The molecule has 0 bridgehead atoms. The van der Waals surface area contributed by atoms with Crippen molar-refractivity contribution in [3.05, 3.63) is 51.7 Å². The molecule has 0 saturated heterocycles. The summed E-state index contributed by atoms with van der Waals surface area (Å²) in [7, 11) is 5.93. The molecule has 1 aromatic heterocycles. The van der Waals surface area contributed by atoms with Crippen molar-refractivity contribution in [3.8, 4) is 0 Å². The molecular formula is C19H28N4S. The molecular weight excluding hydrogens is 316 g/mol. The number of aryl methyl sites for hydroxylation is 1. The van der Waals surface area contributed by atoms with Crippen molar-refractivity contribution in [3.63, 3.8) is 0 Å². The smallest absolute Gasteiger partial charge is 0.191 e. The van der Waals surface area contributed by atoms with E-state index in [1.165, 1.54) is 21.0 Å². The van der Waals surface area contributed by atoms with E-state index in [0.717, 1.165) is 18.9 Å². The molecule has 0 aliphatic carbocycles. The first kappa shape index (κ1) is 18.3. The van der Waals surface area contributed by atoms with Crippen molar-refractivity contribution in [2.45, 2.75) is 32.9 Å². The summed E-state index contributed by atoms with van der Waals surface area (Å²) in [4.78, 5) is 9.21. The van der Waals surface area contributed by atoms with E-state index in [0.29, 0.717) is 6.04 Å². The quantitative estimate of drug-likeness (QED) is 0.623. The number of benzene rings is 1. The van der Waals surface area contributed by atoms with Gasteiger partial charge >= 0.3 is 0 Å². The van der Waals surface area contributed by atoms with Crippen LogP contribution < -0.4 is 15.5 Å². The second-order valence-electron chi connectivity index (χ2n) is 6.25. The molecule has 1 heterocycles. The normalized spacial score (nSPS) is 12.8. The van der Waals surface area contributed by atoms with Crippen LogP contribution in [0.4, 0.5) is 5.69 Å². The minimum absolute atomic E-state index is 0.336. The van der Waals surface area contributed by atoms with Gasteiger partial charge in [0.1, 0.15) is 0 Å². The predicted octanol–water partition coefficient (Wildman–Crippen LogP) is 3.42. The van der Waals surface area contributed by atoms with Crippen molar-refractivity contribution < 1.29 is 0 Å². The first-order chi connectivity index (χ1) is 11.5. The van der Waals surface area contributed by atoms with E-state index >= 15 is 0 Å². The van der Waals surface area contributed by atoms with E-state index in [1.807, 2.05) is 18.4 Å². The fourth-order valence-electron chi connectivity index (χ4n) is 2.51. The van der Waals surface area contributed by atoms with E-state index in [2.05, 4.69) is 84.9 Å². The molecule has 2 rings (SSSR count). The fourth-order valence-corrected chi connectivity index (χ4v) is 3.53. The Morgan fingerprint density at radius 3 is 2.67 bits per heavy atom. The highest BCUT2D eigenvalue weighted by atomic mass is 32.1. The zero-order valence-corrected chi connectivity index (χ0v) is 16.1. The Balaban J connectivity index is 1.87. The minimum atomic E-state index is 0.336. The van der Waals surface area contributed by atoms with E-state index < -0.39 is 0 Å². The van der Waals surface area contributed by atoms with E-state index in [4.69, 9.17) is 0 Å². The summed E-state index contributed by atoms with van der Waals surface area (Å²) in [5.74, 6) is 0.839. The van der Waals surface area contributed by atoms with Crippen LogP contribution in [0.3, 0.4) is 0 Å². The molecule has 0 saturated carbocycles. The largest absolute Gasteiger partial charge is 0.378 e. The van der Waals surface area contributed by atoms with Crippen LogP contribution in [0.2, 0.25) is 0 Å². The number of thiophene rings is 1. The number of nitrogens with zero attached hydrogens (tertiary/aromatic N) is 2. The number of hydrogen-bond donors (Lipinski definition) is 2. The summed E-state index contributed by atoms with van der Waals surface area (Å²) >= 11 is 1.86. The average Bonchev–Trinajstić information content (AvgIpc) is 2.96. The first-order valence-electron chi connectivity index (χ1n) is 8.26. The standard InChI is InChI=1S/C19H28N4S/c1-14(11-18-10-9-15(2)24-18)22-19(20-3)21-13-16-7-6-8-17(12-16)23(4)5/h6-10,12,14H,11,13H2,1-5H3,(H2,20,21,22). The van der Waals surface area contributed by atoms with Crippen LogP contribution in [0.25, 0.3) is 0 Å². The van der Waals surface area contributed by atoms with Crippen LogP contribution in [0.5, 0.6) is 0 Å². The second-order valence-corrected chi connectivity index (χ2v) is 7.62. The van der Waals surface area contributed by atoms with Gasteiger partial charge in [-0.2, -0.15) is 0 Å². The summed E-state index contributed by atoms with van der Waals surface area (Å²) in [5, 5.41) is 6.86. The summed E-state index contributed by atoms with van der Waals surface area (Å²) in [5.41, 5.74) is 2.45. The summed E-state index contributed by atoms with van der Waals surface area (Å²) < 4.78 is 0. The van der Waals surface area contributed by atoms with Crippen LogP contribution in [0.1, 0.15) is 22.2 Å². The Morgan fingerprint density at radius 1 is 1.25 bits per heavy atom. The molecule has 2 N–H and O–H groups in total. The number of nitrogens with one attached hydrogen (secondary N) is 2. The van der Waals surface area contributed by atoms with Crippen molar-refractivity contribution >= 4 is 23.0 Å². The molecule has 0 fully saturated rings. The predicted molar refractivity (Wildman–Crippen MR) is 106 cm³/mol. The van der Waals surface area contributed by atoms with E-state index in [-0.39, 0.29) is 0 Å². The highest BCUT2D eigenvalue weighted by molar-refractivity contribution is 7.11. The van der Waals surface area contributed by atoms with Crippen molar-refractivity contribution in [2.75, 3.05) is 26.0 Å². The SMILES string of the molecule is CN=C(NCc1cccc(N(C)C)c1)NC(C)Cc1ccc(C)s1. The molecule has 0 amide bonds. The molecule has 0 aliphatic rings. The van der Waals surface area contributed by atoms with Gasteiger partial charge in [-0.3, -0.25) is 4.99 Å². The third-order valence-electron chi connectivity index (χ3n) is 3.80. The molecule has 1 aromatic carbocycles. The zero-order chi connectivity index (χ0) is 17.5. The molecule has 130 valence electrons. The van der Waals surface area contributed by atoms with Gasteiger partial charge in [0.25, 0.3) is 0 Å².